The van der Waals surface area contributed by atoms with Crippen LogP contribution in [0.25, 0.3) is 0 Å². The zero-order valence-electron chi connectivity index (χ0n) is 3.77. The first-order chi connectivity index (χ1) is 2.45. The zero-order valence-corrected chi connectivity index (χ0v) is 6.23. The van der Waals surface area contributed by atoms with Crippen molar-refractivity contribution in [2.45, 2.75) is 0 Å². The third kappa shape index (κ3) is 231. The van der Waals surface area contributed by atoms with Gasteiger partial charge in [0.1, 0.15) is 0 Å². The number of hydrogen-bond donors (Lipinski definition) is 0. The molecule has 0 aromatic rings. The van der Waals surface area contributed by atoms with Crippen molar-refractivity contribution in [2.75, 3.05) is 0 Å². The third-order valence-corrected chi connectivity index (χ3v) is 0. The molecule has 0 N–H and O–H groups in total. The van der Waals surface area contributed by atoms with Crippen molar-refractivity contribution in [3.05, 3.63) is 0 Å². The van der Waals surface area contributed by atoms with Gasteiger partial charge < -0.3 is 0 Å². The number of rotatable bonds is 0. The summed E-state index contributed by atoms with van der Waals surface area (Å²) >= 11 is -11.3. The van der Waals surface area contributed by atoms with Gasteiger partial charge in [-0.1, -0.05) is 0 Å². The standard InChI is InChI=1S/6FH.Li.Zr/h6*1H;;/q;;;;;;+1;+4/p-6. The van der Waals surface area contributed by atoms with E-state index in [0.717, 1.165) is 0 Å². The van der Waals surface area contributed by atoms with Crippen LogP contribution < -0.4 is 18.9 Å². The fourth-order valence-corrected chi connectivity index (χ4v) is 0. The van der Waals surface area contributed by atoms with Crippen molar-refractivity contribution in [3.63, 3.8) is 0 Å². The van der Waals surface area contributed by atoms with E-state index >= 15 is 0 Å². The average Bonchev–Trinajstić information content (AvgIpc) is 0.592. The molecule has 8 heavy (non-hydrogen) atoms. The Morgan fingerprint density at radius 3 is 0.625 bits per heavy atom. The monoisotopic (exact) mass is 211 g/mol. The van der Waals surface area contributed by atoms with Crippen LogP contribution in [0.15, 0.2) is 0 Å². The van der Waals surface area contributed by atoms with Gasteiger partial charge in [0.25, 0.3) is 0 Å². The molecule has 0 nitrogen and oxygen atoms in total. The normalized spacial score (nSPS) is 20.2. The molecule has 0 saturated carbocycles. The molecule has 0 amide bonds. The summed E-state index contributed by atoms with van der Waals surface area (Å²) in [7, 11) is 0. The van der Waals surface area contributed by atoms with Gasteiger partial charge in [0.05, 0.1) is 0 Å². The molecule has 0 aromatic heterocycles. The van der Waals surface area contributed by atoms with E-state index in [9.17, 15) is 15.8 Å². The predicted octanol–water partition coefficient (Wildman–Crippen LogP) is -0.477. The second-order valence-electron chi connectivity index (χ2n) is 1.07. The molecular weight excluding hydrogens is 212 g/mol. The van der Waals surface area contributed by atoms with Gasteiger partial charge in [-0.15, -0.1) is 0 Å². The summed E-state index contributed by atoms with van der Waals surface area (Å²) in [5, 5.41) is 0. The van der Waals surface area contributed by atoms with Crippen molar-refractivity contribution < 1.29 is 55.6 Å². The molecule has 48 valence electrons. The molecule has 0 aliphatic carbocycles. The van der Waals surface area contributed by atoms with E-state index in [0.29, 0.717) is 0 Å². The van der Waals surface area contributed by atoms with Gasteiger partial charge >= 0.3 is 55.6 Å². The molecule has 0 unspecified atom stereocenters. The van der Waals surface area contributed by atoms with Crippen molar-refractivity contribution in [2.24, 2.45) is 0 Å². The Bertz CT molecular complexity index is 67.1. The molecule has 0 rings (SSSR count). The van der Waals surface area contributed by atoms with Crippen LogP contribution in [0.5, 0.6) is 0 Å². The molecule has 8 heteroatoms. The van der Waals surface area contributed by atoms with Crippen molar-refractivity contribution in [3.8, 4) is 0 Å². The summed E-state index contributed by atoms with van der Waals surface area (Å²) in [4.78, 5) is 0. The van der Waals surface area contributed by atoms with Crippen LogP contribution in [0.2, 0.25) is 0 Å². The maximum absolute atomic E-state index is 11.3. The Kier molecular flexibility index (Phi) is 2.30. The first-order valence-electron chi connectivity index (χ1n) is 1.13. The van der Waals surface area contributed by atoms with Crippen LogP contribution in [0, 0.1) is 0 Å². The Labute approximate surface area is 55.6 Å². The van der Waals surface area contributed by atoms with Gasteiger partial charge in [-0.3, -0.25) is 0 Å². The Hall–Kier alpha value is 1.06. The molecule has 0 heterocycles. The number of halogens is 6. The minimum absolute atomic E-state index is 0. The van der Waals surface area contributed by atoms with E-state index in [1.807, 2.05) is 0 Å². The van der Waals surface area contributed by atoms with Crippen LogP contribution in [0.3, 0.4) is 0 Å². The Morgan fingerprint density at radius 2 is 0.625 bits per heavy atom. The summed E-state index contributed by atoms with van der Waals surface area (Å²) in [6, 6.07) is 0. The van der Waals surface area contributed by atoms with Gasteiger partial charge in [-0.2, -0.15) is 0 Å². The van der Waals surface area contributed by atoms with E-state index in [-0.39, 0.29) is 18.9 Å². The minimum Gasteiger partial charge on any atom is 1.00 e. The molecular formula is F6LiZr-. The first-order valence-corrected chi connectivity index (χ1v) is 6.71. The quantitative estimate of drug-likeness (QED) is 0.376. The van der Waals surface area contributed by atoms with Gasteiger partial charge in [0, 0.05) is 0 Å². The van der Waals surface area contributed by atoms with Crippen LogP contribution in [0.4, 0.5) is 15.8 Å². The summed E-state index contributed by atoms with van der Waals surface area (Å²) in [5.41, 5.74) is 0. The van der Waals surface area contributed by atoms with Gasteiger partial charge in [0.2, 0.25) is 0 Å². The van der Waals surface area contributed by atoms with Crippen LogP contribution >= 0.6 is 0 Å². The van der Waals surface area contributed by atoms with E-state index in [4.69, 9.17) is 0 Å². The van der Waals surface area contributed by atoms with Crippen molar-refractivity contribution >= 4 is 0 Å². The van der Waals surface area contributed by atoms with Crippen molar-refractivity contribution in [1.29, 1.82) is 0 Å². The summed E-state index contributed by atoms with van der Waals surface area (Å²) in [6.45, 7) is 0. The largest absolute Gasteiger partial charge is 1.00 e. The summed E-state index contributed by atoms with van der Waals surface area (Å²) in [6.07, 6.45) is 0. The first kappa shape index (κ1) is 11.8. The fourth-order valence-electron chi connectivity index (χ4n) is 0. The average molecular weight is 212 g/mol. The molecule has 0 bridgehead atoms. The second-order valence-corrected chi connectivity index (χ2v) is 6.34. The summed E-state index contributed by atoms with van der Waals surface area (Å²) in [5.74, 6) is 0. The molecule has 0 spiro atoms. The van der Waals surface area contributed by atoms with E-state index < -0.39 is 21.0 Å². The fraction of sp³-hybridized carbons (Fsp3) is 0. The van der Waals surface area contributed by atoms with Gasteiger partial charge in [-0.25, -0.2) is 0 Å². The molecule has 0 aliphatic heterocycles. The van der Waals surface area contributed by atoms with Crippen molar-refractivity contribution in [1.82, 2.24) is 0 Å². The van der Waals surface area contributed by atoms with E-state index in [1.165, 1.54) is 0 Å². The predicted molar refractivity (Wildman–Crippen MR) is 6.65 cm³/mol. The summed E-state index contributed by atoms with van der Waals surface area (Å²) < 4.78 is 59.6. The van der Waals surface area contributed by atoms with Crippen LogP contribution in [-0.4, -0.2) is 0 Å². The maximum atomic E-state index is 9.93. The van der Waals surface area contributed by atoms with Gasteiger partial charge in [0.15, 0.2) is 0 Å². The Balaban J connectivity index is 0. The zero-order chi connectivity index (χ0) is 6.41. The van der Waals surface area contributed by atoms with Crippen LogP contribution in [-0.2, 0) is 21.0 Å². The third-order valence-electron chi connectivity index (χ3n) is 0. The number of hydrogen-bond acceptors (Lipinski definition) is 0. The second kappa shape index (κ2) is 1.56. The molecule has 0 atom stereocenters. The van der Waals surface area contributed by atoms with Crippen LogP contribution in [0.1, 0.15) is 0 Å². The Morgan fingerprint density at radius 1 is 0.625 bits per heavy atom. The molecule has 0 aliphatic rings. The minimum atomic E-state index is -11.3. The van der Waals surface area contributed by atoms with E-state index in [2.05, 4.69) is 0 Å². The van der Waals surface area contributed by atoms with Gasteiger partial charge in [-0.05, 0) is 0 Å². The maximum Gasteiger partial charge on any atom is 1.00 e. The topological polar surface area (TPSA) is 0 Å². The molecule has 0 fully saturated rings. The van der Waals surface area contributed by atoms with E-state index in [1.54, 1.807) is 0 Å². The SMILES string of the molecule is [F][Zr-2]([F])([F])([F])([F])[F].[Li+]. The molecule has 0 aromatic carbocycles. The molecule has 0 radical (unpaired) electrons. The smallest absolute Gasteiger partial charge is 1.00 e. The molecule has 0 saturated heterocycles.